The fourth-order valence-electron chi connectivity index (χ4n) is 3.41. The first-order valence-electron chi connectivity index (χ1n) is 7.52. The average Bonchev–Trinajstić information content (AvgIpc) is 2.48. The smallest absolute Gasteiger partial charge is 0.325 e. The van der Waals surface area contributed by atoms with Gasteiger partial charge in [-0.2, -0.15) is 0 Å². The van der Waals surface area contributed by atoms with Crippen LogP contribution in [0.4, 0.5) is 10.5 Å². The van der Waals surface area contributed by atoms with E-state index < -0.39 is 5.72 Å². The molecule has 2 heterocycles. The molecule has 112 valence electrons. The van der Waals surface area contributed by atoms with Crippen molar-refractivity contribution in [3.05, 3.63) is 59.7 Å². The number of nitrogens with zero attached hydrogens (tertiary/aromatic N) is 1. The Balaban J connectivity index is 1.80. The van der Waals surface area contributed by atoms with Gasteiger partial charge >= 0.3 is 6.03 Å². The first-order valence-corrected chi connectivity index (χ1v) is 7.52. The van der Waals surface area contributed by atoms with Crippen molar-refractivity contribution in [3.63, 3.8) is 0 Å². The van der Waals surface area contributed by atoms with E-state index in [1.807, 2.05) is 62.4 Å². The van der Waals surface area contributed by atoms with Gasteiger partial charge < -0.3 is 10.1 Å². The Bertz CT molecular complexity index is 741. The fourth-order valence-corrected chi connectivity index (χ4v) is 3.41. The van der Waals surface area contributed by atoms with Gasteiger partial charge in [-0.3, -0.25) is 4.90 Å². The van der Waals surface area contributed by atoms with Gasteiger partial charge in [0.25, 0.3) is 0 Å². The Hall–Kier alpha value is -2.49. The number of amides is 2. The number of nitrogens with one attached hydrogen (secondary N) is 1. The largest absolute Gasteiger partial charge is 0.467 e. The lowest BCUT2D eigenvalue weighted by atomic mass is 9.90. The topological polar surface area (TPSA) is 41.6 Å². The summed E-state index contributed by atoms with van der Waals surface area (Å²) in [5.41, 5.74) is 2.40. The summed E-state index contributed by atoms with van der Waals surface area (Å²) in [4.78, 5) is 14.4. The molecule has 0 radical (unpaired) electrons. The predicted octanol–water partition coefficient (Wildman–Crippen LogP) is 3.76. The van der Waals surface area contributed by atoms with Crippen molar-refractivity contribution in [1.82, 2.24) is 5.32 Å². The van der Waals surface area contributed by atoms with E-state index in [0.29, 0.717) is 0 Å². The van der Waals surface area contributed by atoms with Gasteiger partial charge in [-0.15, -0.1) is 0 Å². The molecule has 2 aromatic carbocycles. The van der Waals surface area contributed by atoms with E-state index in [0.717, 1.165) is 23.4 Å². The highest BCUT2D eigenvalue weighted by Crippen LogP contribution is 2.45. The molecule has 2 aromatic rings. The molecule has 2 aliphatic heterocycles. The number of ether oxygens (including phenoxy) is 1. The fraction of sp³-hybridized carbons (Fsp3) is 0.278. The molecule has 1 saturated heterocycles. The zero-order valence-electron chi connectivity index (χ0n) is 12.7. The molecule has 4 rings (SSSR count). The molecule has 2 atom stereocenters. The number of hydrogen-bond donors (Lipinski definition) is 1. The molecule has 0 saturated carbocycles. The van der Waals surface area contributed by atoms with Crippen molar-refractivity contribution in [1.29, 1.82) is 0 Å². The Kier molecular flexibility index (Phi) is 2.70. The number of anilines is 1. The molecule has 1 N–H and O–H groups in total. The lowest BCUT2D eigenvalue weighted by molar-refractivity contribution is 0.0379. The van der Waals surface area contributed by atoms with Gasteiger partial charge in [0.05, 0.1) is 6.04 Å². The second-order valence-electron chi connectivity index (χ2n) is 6.19. The van der Waals surface area contributed by atoms with E-state index in [2.05, 4.69) is 5.32 Å². The summed E-state index contributed by atoms with van der Waals surface area (Å²) in [7, 11) is 0. The summed E-state index contributed by atoms with van der Waals surface area (Å²) in [5.74, 6) is 0.846. The monoisotopic (exact) mass is 294 g/mol. The highest BCUT2D eigenvalue weighted by Gasteiger charge is 2.49. The third kappa shape index (κ3) is 1.87. The molecule has 0 aromatic heterocycles. The number of benzene rings is 2. The minimum absolute atomic E-state index is 0.00384. The summed E-state index contributed by atoms with van der Waals surface area (Å²) in [6.45, 7) is 4.01. The lowest BCUT2D eigenvalue weighted by Gasteiger charge is -2.50. The van der Waals surface area contributed by atoms with E-state index in [-0.39, 0.29) is 12.1 Å². The van der Waals surface area contributed by atoms with Crippen LogP contribution in [0.2, 0.25) is 0 Å². The van der Waals surface area contributed by atoms with Gasteiger partial charge in [-0.05, 0) is 32.0 Å². The number of rotatable bonds is 1. The van der Waals surface area contributed by atoms with E-state index in [4.69, 9.17) is 4.74 Å². The maximum atomic E-state index is 12.6. The van der Waals surface area contributed by atoms with Crippen LogP contribution in [0, 0.1) is 6.92 Å². The standard InChI is InChI=1S/C18H18N2O2/c1-12-7-9-13(10-8-12)20-17(21)19-15-11-18(20,2)22-16-6-4-3-5-14(15)16/h3-10,15H,11H2,1-2H3,(H,19,21)/t15-,18-/m1/s1. The Morgan fingerprint density at radius 3 is 2.68 bits per heavy atom. The molecule has 1 fully saturated rings. The van der Waals surface area contributed by atoms with Gasteiger partial charge in [-0.1, -0.05) is 35.9 Å². The van der Waals surface area contributed by atoms with E-state index in [1.54, 1.807) is 4.90 Å². The van der Waals surface area contributed by atoms with Gasteiger partial charge in [0.1, 0.15) is 5.75 Å². The predicted molar refractivity (Wildman–Crippen MR) is 85.0 cm³/mol. The van der Waals surface area contributed by atoms with Crippen molar-refractivity contribution < 1.29 is 9.53 Å². The number of hydrogen-bond acceptors (Lipinski definition) is 2. The van der Waals surface area contributed by atoms with Crippen LogP contribution in [0.3, 0.4) is 0 Å². The van der Waals surface area contributed by atoms with Crippen LogP contribution < -0.4 is 15.0 Å². The molecule has 2 bridgehead atoms. The van der Waals surface area contributed by atoms with Crippen LogP contribution in [0.25, 0.3) is 0 Å². The second kappa shape index (κ2) is 4.50. The average molecular weight is 294 g/mol. The summed E-state index contributed by atoms with van der Waals surface area (Å²) in [5, 5.41) is 3.10. The molecule has 4 heteroatoms. The molecular formula is C18H18N2O2. The van der Waals surface area contributed by atoms with Crippen LogP contribution in [-0.2, 0) is 0 Å². The van der Waals surface area contributed by atoms with Crippen LogP contribution in [0.15, 0.2) is 48.5 Å². The van der Waals surface area contributed by atoms with Crippen LogP contribution >= 0.6 is 0 Å². The quantitative estimate of drug-likeness (QED) is 0.870. The SMILES string of the molecule is Cc1ccc(N2C(=O)N[C@@H]3C[C@@]2(C)Oc2ccccc23)cc1. The van der Waals surface area contributed by atoms with Crippen molar-refractivity contribution in [2.75, 3.05) is 4.90 Å². The molecule has 2 amide bonds. The summed E-state index contributed by atoms with van der Waals surface area (Å²) in [6.07, 6.45) is 0.726. The van der Waals surface area contributed by atoms with Crippen molar-refractivity contribution in [2.24, 2.45) is 0 Å². The third-order valence-electron chi connectivity index (χ3n) is 4.47. The van der Waals surface area contributed by atoms with E-state index in [1.165, 1.54) is 5.56 Å². The molecule has 2 aliphatic rings. The molecule has 4 nitrogen and oxygen atoms in total. The Labute approximate surface area is 129 Å². The zero-order valence-corrected chi connectivity index (χ0v) is 12.7. The number of urea groups is 1. The minimum Gasteiger partial charge on any atom is -0.467 e. The minimum atomic E-state index is -0.670. The molecule has 0 spiro atoms. The van der Waals surface area contributed by atoms with Gasteiger partial charge in [0.15, 0.2) is 5.72 Å². The number of aryl methyl sites for hydroxylation is 1. The van der Waals surface area contributed by atoms with Gasteiger partial charge in [0.2, 0.25) is 0 Å². The van der Waals surface area contributed by atoms with Crippen LogP contribution in [0.1, 0.15) is 30.5 Å². The number of para-hydroxylation sites is 1. The zero-order chi connectivity index (χ0) is 15.3. The first kappa shape index (κ1) is 13.2. The number of fused-ring (bicyclic) bond motifs is 4. The molecular weight excluding hydrogens is 276 g/mol. The summed E-state index contributed by atoms with van der Waals surface area (Å²) in [6, 6.07) is 15.7. The second-order valence-corrected chi connectivity index (χ2v) is 6.19. The maximum Gasteiger partial charge on any atom is 0.325 e. The van der Waals surface area contributed by atoms with Crippen molar-refractivity contribution >= 4 is 11.7 Å². The highest BCUT2D eigenvalue weighted by molar-refractivity contribution is 5.94. The molecule has 22 heavy (non-hydrogen) atoms. The van der Waals surface area contributed by atoms with Gasteiger partial charge in [0, 0.05) is 17.7 Å². The van der Waals surface area contributed by atoms with Crippen LogP contribution in [-0.4, -0.2) is 11.8 Å². The number of carbonyl (C=O) groups excluding carboxylic acids is 1. The normalized spacial score (nSPS) is 26.0. The maximum absolute atomic E-state index is 12.6. The molecule has 0 aliphatic carbocycles. The lowest BCUT2D eigenvalue weighted by Crippen LogP contribution is -2.65. The Morgan fingerprint density at radius 2 is 1.91 bits per heavy atom. The first-order chi connectivity index (χ1) is 10.6. The highest BCUT2D eigenvalue weighted by atomic mass is 16.5. The van der Waals surface area contributed by atoms with E-state index in [9.17, 15) is 4.79 Å². The van der Waals surface area contributed by atoms with Gasteiger partial charge in [-0.25, -0.2) is 4.79 Å². The van der Waals surface area contributed by atoms with Crippen molar-refractivity contribution in [2.45, 2.75) is 32.0 Å². The number of carbonyl (C=O) groups is 1. The third-order valence-corrected chi connectivity index (χ3v) is 4.47. The molecule has 0 unspecified atom stereocenters. The summed E-state index contributed by atoms with van der Waals surface area (Å²) >= 11 is 0. The summed E-state index contributed by atoms with van der Waals surface area (Å²) < 4.78 is 6.22. The van der Waals surface area contributed by atoms with Crippen LogP contribution in [0.5, 0.6) is 5.75 Å². The van der Waals surface area contributed by atoms with E-state index >= 15 is 0 Å². The van der Waals surface area contributed by atoms with Crippen molar-refractivity contribution in [3.8, 4) is 5.75 Å². The Morgan fingerprint density at radius 1 is 1.18 bits per heavy atom.